The quantitative estimate of drug-likeness (QED) is 0.735. The van der Waals surface area contributed by atoms with E-state index >= 15 is 0 Å². The highest BCUT2D eigenvalue weighted by molar-refractivity contribution is 7.91. The summed E-state index contributed by atoms with van der Waals surface area (Å²) in [5, 5.41) is 0.505. The Labute approximate surface area is 145 Å². The number of carbonyl (C=O) groups is 2. The normalized spacial score (nSPS) is 22.1. The van der Waals surface area contributed by atoms with Crippen LogP contribution in [0.15, 0.2) is 24.3 Å². The smallest absolute Gasteiger partial charge is 0.338 e. The molecule has 2 aliphatic rings. The van der Waals surface area contributed by atoms with Crippen LogP contribution in [0, 0.1) is 0 Å². The van der Waals surface area contributed by atoms with Gasteiger partial charge in [0.05, 0.1) is 17.1 Å². The molecule has 130 valence electrons. The predicted molar refractivity (Wildman–Crippen MR) is 88.7 cm³/mol. The van der Waals surface area contributed by atoms with Crippen LogP contribution in [0.4, 0.5) is 0 Å². The first kappa shape index (κ1) is 17.2. The number of esters is 1. The molecule has 1 saturated heterocycles. The molecule has 1 saturated carbocycles. The summed E-state index contributed by atoms with van der Waals surface area (Å²) >= 11 is 5.76. The third-order valence-corrected chi connectivity index (χ3v) is 6.24. The summed E-state index contributed by atoms with van der Waals surface area (Å²) in [7, 11) is -3.07. The van der Waals surface area contributed by atoms with Crippen molar-refractivity contribution < 1.29 is 22.7 Å². The largest absolute Gasteiger partial charge is 0.452 e. The van der Waals surface area contributed by atoms with Gasteiger partial charge in [0.2, 0.25) is 0 Å². The van der Waals surface area contributed by atoms with E-state index in [2.05, 4.69) is 0 Å². The fraction of sp³-hybridized carbons (Fsp3) is 0.500. The Morgan fingerprint density at radius 1 is 1.12 bits per heavy atom. The lowest BCUT2D eigenvalue weighted by molar-refractivity contribution is -0.137. The molecule has 1 aromatic carbocycles. The van der Waals surface area contributed by atoms with Crippen LogP contribution in [0.25, 0.3) is 0 Å². The minimum Gasteiger partial charge on any atom is -0.452 e. The van der Waals surface area contributed by atoms with Gasteiger partial charge in [-0.1, -0.05) is 11.6 Å². The van der Waals surface area contributed by atoms with E-state index in [4.69, 9.17) is 16.3 Å². The van der Waals surface area contributed by atoms with Crippen molar-refractivity contribution in [3.8, 4) is 0 Å². The summed E-state index contributed by atoms with van der Waals surface area (Å²) in [5.41, 5.74) is 0.314. The molecule has 0 radical (unpaired) electrons. The molecule has 1 aliphatic heterocycles. The Morgan fingerprint density at radius 2 is 1.79 bits per heavy atom. The van der Waals surface area contributed by atoms with Gasteiger partial charge in [-0.3, -0.25) is 4.79 Å². The molecule has 1 atom stereocenters. The number of carbonyl (C=O) groups excluding carboxylic acids is 2. The summed E-state index contributed by atoms with van der Waals surface area (Å²) < 4.78 is 28.4. The molecule has 1 amide bonds. The molecule has 0 spiro atoms. The van der Waals surface area contributed by atoms with Gasteiger partial charge in [0.25, 0.3) is 5.91 Å². The Kier molecular flexibility index (Phi) is 4.83. The van der Waals surface area contributed by atoms with Crippen molar-refractivity contribution >= 4 is 33.3 Å². The number of halogens is 1. The monoisotopic (exact) mass is 371 g/mol. The van der Waals surface area contributed by atoms with Gasteiger partial charge in [-0.05, 0) is 43.5 Å². The molecular formula is C16H18ClNO5S. The number of rotatable bonds is 5. The van der Waals surface area contributed by atoms with E-state index < -0.39 is 15.8 Å². The minimum absolute atomic E-state index is 0.000368. The third-order valence-electron chi connectivity index (χ3n) is 4.24. The molecule has 0 unspecified atom stereocenters. The third kappa shape index (κ3) is 4.08. The molecule has 8 heteroatoms. The first-order valence-corrected chi connectivity index (χ1v) is 10.00. The molecule has 2 fully saturated rings. The zero-order valence-electron chi connectivity index (χ0n) is 13.0. The van der Waals surface area contributed by atoms with Crippen LogP contribution in [-0.2, 0) is 19.4 Å². The van der Waals surface area contributed by atoms with Gasteiger partial charge in [0.1, 0.15) is 0 Å². The number of amides is 1. The fourth-order valence-electron chi connectivity index (χ4n) is 2.92. The second kappa shape index (κ2) is 6.72. The SMILES string of the molecule is O=C(OCC(=O)N(C1CC1)[C@H]1CCS(=O)(=O)C1)c1ccc(Cl)cc1. The summed E-state index contributed by atoms with van der Waals surface area (Å²) in [4.78, 5) is 26.0. The van der Waals surface area contributed by atoms with Gasteiger partial charge in [-0.15, -0.1) is 0 Å². The average molecular weight is 372 g/mol. The van der Waals surface area contributed by atoms with Crippen molar-refractivity contribution in [2.45, 2.75) is 31.3 Å². The first-order chi connectivity index (χ1) is 11.4. The zero-order valence-corrected chi connectivity index (χ0v) is 14.6. The van der Waals surface area contributed by atoms with Crippen LogP contribution in [0.3, 0.4) is 0 Å². The van der Waals surface area contributed by atoms with Crippen molar-refractivity contribution in [3.63, 3.8) is 0 Å². The molecular weight excluding hydrogens is 354 g/mol. The Balaban J connectivity index is 1.60. The van der Waals surface area contributed by atoms with E-state index in [1.807, 2.05) is 0 Å². The molecule has 0 N–H and O–H groups in total. The van der Waals surface area contributed by atoms with Crippen molar-refractivity contribution in [2.24, 2.45) is 0 Å². The maximum Gasteiger partial charge on any atom is 0.338 e. The maximum atomic E-state index is 12.4. The van der Waals surface area contributed by atoms with Gasteiger partial charge in [0, 0.05) is 17.1 Å². The average Bonchev–Trinajstić information content (AvgIpc) is 3.29. The molecule has 0 bridgehead atoms. The van der Waals surface area contributed by atoms with Crippen molar-refractivity contribution in [1.29, 1.82) is 0 Å². The summed E-state index contributed by atoms with van der Waals surface area (Å²) in [6.45, 7) is -0.380. The van der Waals surface area contributed by atoms with E-state index in [0.29, 0.717) is 17.0 Å². The fourth-order valence-corrected chi connectivity index (χ4v) is 4.76. The van der Waals surface area contributed by atoms with E-state index in [-0.39, 0.29) is 36.1 Å². The number of ether oxygens (including phenoxy) is 1. The van der Waals surface area contributed by atoms with Crippen molar-refractivity contribution in [2.75, 3.05) is 18.1 Å². The molecule has 24 heavy (non-hydrogen) atoms. The Hall–Kier alpha value is -1.60. The number of hydrogen-bond acceptors (Lipinski definition) is 5. The van der Waals surface area contributed by atoms with Gasteiger partial charge >= 0.3 is 5.97 Å². The summed E-state index contributed by atoms with van der Waals surface area (Å²) in [6.07, 6.45) is 2.19. The first-order valence-electron chi connectivity index (χ1n) is 7.80. The van der Waals surface area contributed by atoms with E-state index in [9.17, 15) is 18.0 Å². The molecule has 1 heterocycles. The minimum atomic E-state index is -3.07. The zero-order chi connectivity index (χ0) is 17.3. The molecule has 0 aromatic heterocycles. The molecule has 6 nitrogen and oxygen atoms in total. The second-order valence-corrected chi connectivity index (χ2v) is 8.84. The second-order valence-electron chi connectivity index (χ2n) is 6.17. The molecule has 3 rings (SSSR count). The molecule has 1 aliphatic carbocycles. The van der Waals surface area contributed by atoms with Crippen molar-refractivity contribution in [1.82, 2.24) is 4.90 Å². The van der Waals surface area contributed by atoms with Crippen LogP contribution in [-0.4, -0.2) is 55.4 Å². The number of nitrogens with zero attached hydrogens (tertiary/aromatic N) is 1. The van der Waals surface area contributed by atoms with Gasteiger partial charge in [-0.2, -0.15) is 0 Å². The highest BCUT2D eigenvalue weighted by Crippen LogP contribution is 2.32. The van der Waals surface area contributed by atoms with Gasteiger partial charge in [-0.25, -0.2) is 13.2 Å². The van der Waals surface area contributed by atoms with E-state index in [0.717, 1.165) is 12.8 Å². The molecule has 1 aromatic rings. The topological polar surface area (TPSA) is 80.8 Å². The summed E-state index contributed by atoms with van der Waals surface area (Å²) in [6, 6.07) is 5.96. The predicted octanol–water partition coefficient (Wildman–Crippen LogP) is 1.67. The van der Waals surface area contributed by atoms with E-state index in [1.54, 1.807) is 17.0 Å². The number of benzene rings is 1. The Bertz CT molecular complexity index is 742. The maximum absolute atomic E-state index is 12.4. The van der Waals surface area contributed by atoms with Crippen LogP contribution in [0.1, 0.15) is 29.6 Å². The van der Waals surface area contributed by atoms with Crippen LogP contribution >= 0.6 is 11.6 Å². The van der Waals surface area contributed by atoms with Gasteiger partial charge < -0.3 is 9.64 Å². The highest BCUT2D eigenvalue weighted by atomic mass is 35.5. The lowest BCUT2D eigenvalue weighted by atomic mass is 10.2. The standard InChI is InChI=1S/C16H18ClNO5S/c17-12-3-1-11(2-4-12)16(20)23-9-15(19)18(13-5-6-13)14-7-8-24(21,22)10-14/h1-4,13-14H,5-10H2/t14-/m0/s1. The van der Waals surface area contributed by atoms with E-state index in [1.165, 1.54) is 12.1 Å². The lowest BCUT2D eigenvalue weighted by Gasteiger charge is -2.28. The number of hydrogen-bond donors (Lipinski definition) is 0. The van der Waals surface area contributed by atoms with Crippen LogP contribution in [0.2, 0.25) is 5.02 Å². The summed E-state index contributed by atoms with van der Waals surface area (Å²) in [5.74, 6) is -0.823. The number of sulfone groups is 1. The lowest BCUT2D eigenvalue weighted by Crippen LogP contribution is -2.44. The highest BCUT2D eigenvalue weighted by Gasteiger charge is 2.42. The van der Waals surface area contributed by atoms with Crippen molar-refractivity contribution in [3.05, 3.63) is 34.9 Å². The Morgan fingerprint density at radius 3 is 2.33 bits per heavy atom. The van der Waals surface area contributed by atoms with Crippen LogP contribution < -0.4 is 0 Å². The van der Waals surface area contributed by atoms with Gasteiger partial charge in [0.15, 0.2) is 16.4 Å². The van der Waals surface area contributed by atoms with Crippen LogP contribution in [0.5, 0.6) is 0 Å².